The Kier molecular flexibility index (Phi) is 3.01. The number of rotatable bonds is 2. The first-order chi connectivity index (χ1) is 8.11. The summed E-state index contributed by atoms with van der Waals surface area (Å²) in [5.41, 5.74) is 1.93. The van der Waals surface area contributed by atoms with Gasteiger partial charge in [0.05, 0.1) is 12.0 Å². The van der Waals surface area contributed by atoms with E-state index in [1.807, 2.05) is 43.3 Å². The summed E-state index contributed by atoms with van der Waals surface area (Å²) in [6.07, 6.45) is 0.336. The van der Waals surface area contributed by atoms with Crippen molar-refractivity contribution in [1.29, 1.82) is 5.26 Å². The van der Waals surface area contributed by atoms with Gasteiger partial charge in [0.15, 0.2) is 0 Å². The molecule has 0 aromatic heterocycles. The molecule has 1 heterocycles. The van der Waals surface area contributed by atoms with Crippen LogP contribution in [0, 0.1) is 17.2 Å². The van der Waals surface area contributed by atoms with Gasteiger partial charge in [0.1, 0.15) is 0 Å². The Morgan fingerprint density at radius 3 is 2.82 bits per heavy atom. The Balaban J connectivity index is 2.26. The van der Waals surface area contributed by atoms with Crippen LogP contribution in [0.2, 0.25) is 0 Å². The van der Waals surface area contributed by atoms with Crippen LogP contribution in [0.5, 0.6) is 0 Å². The summed E-state index contributed by atoms with van der Waals surface area (Å²) in [6, 6.07) is 9.96. The zero-order valence-electron chi connectivity index (χ0n) is 10.1. The van der Waals surface area contributed by atoms with Crippen LogP contribution in [0.25, 0.3) is 0 Å². The number of hydrogen-bond donors (Lipinski definition) is 0. The average molecular weight is 229 g/mol. The van der Waals surface area contributed by atoms with Crippen LogP contribution in [-0.2, 0) is 4.79 Å². The summed E-state index contributed by atoms with van der Waals surface area (Å²) in [5, 5.41) is 8.85. The summed E-state index contributed by atoms with van der Waals surface area (Å²) < 4.78 is 0. The number of benzene rings is 1. The predicted molar refractivity (Wildman–Crippen MR) is 66.8 cm³/mol. The van der Waals surface area contributed by atoms with Crippen molar-refractivity contribution in [3.8, 4) is 6.07 Å². The molecular weight excluding hydrogens is 214 g/mol. The molecule has 1 aromatic rings. The summed E-state index contributed by atoms with van der Waals surface area (Å²) >= 11 is 0. The molecule has 0 N–H and O–H groups in total. The molecule has 1 aliphatic heterocycles. The van der Waals surface area contributed by atoms with E-state index in [1.54, 1.807) is 4.90 Å². The van der Waals surface area contributed by atoms with E-state index in [9.17, 15) is 4.79 Å². The standard InChI is InChI=1S/C13H15N3O/c1-15(2)11-4-3-5-12(7-11)16-9-10(8-14)6-13(16)17/h3-5,7,10H,6,9H2,1-2H3. The molecule has 17 heavy (non-hydrogen) atoms. The maximum absolute atomic E-state index is 11.8. The van der Waals surface area contributed by atoms with Gasteiger partial charge in [-0.25, -0.2) is 0 Å². The fraction of sp³-hybridized carbons (Fsp3) is 0.385. The highest BCUT2D eigenvalue weighted by molar-refractivity contribution is 5.96. The maximum atomic E-state index is 11.8. The molecule has 1 atom stereocenters. The van der Waals surface area contributed by atoms with Crippen LogP contribution >= 0.6 is 0 Å². The SMILES string of the molecule is CN(C)c1cccc(N2CC(C#N)CC2=O)c1. The minimum absolute atomic E-state index is 0.0347. The molecular formula is C13H15N3O. The van der Waals surface area contributed by atoms with Crippen molar-refractivity contribution >= 4 is 17.3 Å². The van der Waals surface area contributed by atoms with Crippen LogP contribution in [0.3, 0.4) is 0 Å². The van der Waals surface area contributed by atoms with E-state index < -0.39 is 0 Å². The second kappa shape index (κ2) is 4.46. The van der Waals surface area contributed by atoms with E-state index in [0.29, 0.717) is 13.0 Å². The summed E-state index contributed by atoms with van der Waals surface area (Å²) in [5.74, 6) is -0.141. The Morgan fingerprint density at radius 1 is 1.47 bits per heavy atom. The first-order valence-corrected chi connectivity index (χ1v) is 5.59. The number of nitrogens with zero attached hydrogens (tertiary/aromatic N) is 3. The third kappa shape index (κ3) is 2.23. The van der Waals surface area contributed by atoms with Crippen LogP contribution in [0.15, 0.2) is 24.3 Å². The van der Waals surface area contributed by atoms with E-state index in [2.05, 4.69) is 6.07 Å². The van der Waals surface area contributed by atoms with Gasteiger partial charge in [0.25, 0.3) is 0 Å². The summed E-state index contributed by atoms with van der Waals surface area (Å²) in [6.45, 7) is 0.506. The highest BCUT2D eigenvalue weighted by atomic mass is 16.2. The van der Waals surface area contributed by atoms with E-state index in [1.165, 1.54) is 0 Å². The zero-order chi connectivity index (χ0) is 12.4. The second-order valence-electron chi connectivity index (χ2n) is 4.45. The third-order valence-corrected chi connectivity index (χ3v) is 2.97. The van der Waals surface area contributed by atoms with E-state index in [0.717, 1.165) is 11.4 Å². The van der Waals surface area contributed by atoms with E-state index in [-0.39, 0.29) is 11.8 Å². The molecule has 1 amide bonds. The normalized spacial score (nSPS) is 19.2. The summed E-state index contributed by atoms with van der Waals surface area (Å²) in [7, 11) is 3.92. The molecule has 88 valence electrons. The van der Waals surface area contributed by atoms with Crippen LogP contribution in [0.4, 0.5) is 11.4 Å². The summed E-state index contributed by atoms with van der Waals surface area (Å²) in [4.78, 5) is 15.5. The molecule has 0 radical (unpaired) electrons. The molecule has 1 aromatic carbocycles. The molecule has 1 saturated heterocycles. The number of nitriles is 1. The van der Waals surface area contributed by atoms with Gasteiger partial charge in [-0.05, 0) is 18.2 Å². The minimum atomic E-state index is -0.175. The lowest BCUT2D eigenvalue weighted by molar-refractivity contribution is -0.117. The van der Waals surface area contributed by atoms with Crippen LogP contribution in [-0.4, -0.2) is 26.5 Å². The fourth-order valence-corrected chi connectivity index (χ4v) is 1.98. The minimum Gasteiger partial charge on any atom is -0.378 e. The van der Waals surface area contributed by atoms with Gasteiger partial charge in [-0.1, -0.05) is 6.07 Å². The van der Waals surface area contributed by atoms with Crippen molar-refractivity contribution in [3.63, 3.8) is 0 Å². The lowest BCUT2D eigenvalue weighted by atomic mass is 10.1. The van der Waals surface area contributed by atoms with Crippen molar-refractivity contribution < 1.29 is 4.79 Å². The maximum Gasteiger partial charge on any atom is 0.228 e. The van der Waals surface area contributed by atoms with Crippen molar-refractivity contribution in [2.45, 2.75) is 6.42 Å². The lowest BCUT2D eigenvalue weighted by Crippen LogP contribution is -2.24. The molecule has 0 saturated carbocycles. The van der Waals surface area contributed by atoms with Gasteiger partial charge in [-0.15, -0.1) is 0 Å². The molecule has 4 nitrogen and oxygen atoms in total. The first-order valence-electron chi connectivity index (χ1n) is 5.59. The van der Waals surface area contributed by atoms with Gasteiger partial charge in [-0.2, -0.15) is 5.26 Å². The predicted octanol–water partition coefficient (Wildman–Crippen LogP) is 1.63. The first kappa shape index (κ1) is 11.5. The average Bonchev–Trinajstić information content (AvgIpc) is 2.71. The van der Waals surface area contributed by atoms with Gasteiger partial charge in [-0.3, -0.25) is 4.79 Å². The third-order valence-electron chi connectivity index (χ3n) is 2.97. The highest BCUT2D eigenvalue weighted by Gasteiger charge is 2.30. The van der Waals surface area contributed by atoms with Crippen molar-refractivity contribution in [2.75, 3.05) is 30.4 Å². The fourth-order valence-electron chi connectivity index (χ4n) is 1.98. The number of carbonyl (C=O) groups is 1. The second-order valence-corrected chi connectivity index (χ2v) is 4.45. The molecule has 4 heteroatoms. The van der Waals surface area contributed by atoms with Crippen LogP contribution in [0.1, 0.15) is 6.42 Å². The molecule has 0 spiro atoms. The van der Waals surface area contributed by atoms with Gasteiger partial charge in [0.2, 0.25) is 5.91 Å². The Labute approximate surface area is 101 Å². The van der Waals surface area contributed by atoms with Gasteiger partial charge in [0, 0.05) is 38.4 Å². The van der Waals surface area contributed by atoms with Crippen molar-refractivity contribution in [1.82, 2.24) is 0 Å². The monoisotopic (exact) mass is 229 g/mol. The molecule has 0 bridgehead atoms. The molecule has 2 rings (SSSR count). The lowest BCUT2D eigenvalue weighted by Gasteiger charge is -2.19. The molecule has 1 aliphatic rings. The zero-order valence-corrected chi connectivity index (χ0v) is 10.1. The van der Waals surface area contributed by atoms with Gasteiger partial charge >= 0.3 is 0 Å². The van der Waals surface area contributed by atoms with Crippen molar-refractivity contribution in [2.24, 2.45) is 5.92 Å². The number of amides is 1. The largest absolute Gasteiger partial charge is 0.378 e. The number of carbonyl (C=O) groups excluding carboxylic acids is 1. The topological polar surface area (TPSA) is 47.3 Å². The quantitative estimate of drug-likeness (QED) is 0.774. The molecule has 1 fully saturated rings. The van der Waals surface area contributed by atoms with E-state index >= 15 is 0 Å². The highest BCUT2D eigenvalue weighted by Crippen LogP contribution is 2.27. The number of hydrogen-bond acceptors (Lipinski definition) is 3. The van der Waals surface area contributed by atoms with Crippen LogP contribution < -0.4 is 9.80 Å². The Bertz CT molecular complexity index is 476. The molecule has 1 unspecified atom stereocenters. The molecule has 0 aliphatic carbocycles. The Hall–Kier alpha value is -2.02. The Morgan fingerprint density at radius 2 is 2.24 bits per heavy atom. The van der Waals surface area contributed by atoms with E-state index in [4.69, 9.17) is 5.26 Å². The van der Waals surface area contributed by atoms with Crippen molar-refractivity contribution in [3.05, 3.63) is 24.3 Å². The number of anilines is 2. The van der Waals surface area contributed by atoms with Gasteiger partial charge < -0.3 is 9.80 Å². The smallest absolute Gasteiger partial charge is 0.228 e.